The lowest BCUT2D eigenvalue weighted by Crippen LogP contribution is -2.25. The second-order valence-corrected chi connectivity index (χ2v) is 9.28. The van der Waals surface area contributed by atoms with Crippen molar-refractivity contribution in [3.8, 4) is 6.07 Å². The van der Waals surface area contributed by atoms with Crippen molar-refractivity contribution < 1.29 is 4.74 Å². The number of allylic oxidation sites excluding steroid dienone is 4. The molecule has 2 saturated carbocycles. The molecule has 0 unspecified atom stereocenters. The smallest absolute Gasteiger partial charge is 0.0912 e. The SMILES string of the molecule is CCc1ccc([C@H]2CC[C@H](OC[C@H]3CC[C@H](CCC=CC=CC#N)CC3)CC2)cc1. The second-order valence-electron chi connectivity index (χ2n) is 9.28. The highest BCUT2D eigenvalue weighted by molar-refractivity contribution is 5.25. The Bertz CT molecular complexity index is 695. The number of rotatable bonds is 9. The molecule has 0 heterocycles. The Balaban J connectivity index is 1.28. The molecule has 2 aliphatic carbocycles. The van der Waals surface area contributed by atoms with Crippen molar-refractivity contribution in [1.29, 1.82) is 5.26 Å². The number of aryl methyl sites for hydroxylation is 1. The van der Waals surface area contributed by atoms with Crippen molar-refractivity contribution in [3.63, 3.8) is 0 Å². The van der Waals surface area contributed by atoms with E-state index in [-0.39, 0.29) is 0 Å². The van der Waals surface area contributed by atoms with Gasteiger partial charge in [-0.3, -0.25) is 0 Å². The first-order valence-corrected chi connectivity index (χ1v) is 12.2. The molecule has 0 N–H and O–H groups in total. The lowest BCUT2D eigenvalue weighted by atomic mass is 9.80. The third kappa shape index (κ3) is 7.44. The molecular formula is C28H39NO. The molecule has 3 rings (SSSR count). The number of hydrogen-bond acceptors (Lipinski definition) is 2. The maximum Gasteiger partial charge on any atom is 0.0912 e. The Morgan fingerprint density at radius 1 is 0.933 bits per heavy atom. The minimum Gasteiger partial charge on any atom is -0.378 e. The van der Waals surface area contributed by atoms with E-state index >= 15 is 0 Å². The molecule has 0 aliphatic heterocycles. The summed E-state index contributed by atoms with van der Waals surface area (Å²) in [5.41, 5.74) is 2.97. The van der Waals surface area contributed by atoms with Crippen LogP contribution < -0.4 is 0 Å². The van der Waals surface area contributed by atoms with Gasteiger partial charge < -0.3 is 4.74 Å². The minimum atomic E-state index is 0.487. The minimum absolute atomic E-state index is 0.487. The maximum atomic E-state index is 8.47. The first-order chi connectivity index (χ1) is 14.8. The molecule has 2 heteroatoms. The standard InChI is InChI=1S/C28H39NO/c1-2-23-13-15-26(16-14-23)27-17-19-28(20-18-27)30-22-25-11-9-24(10-12-25)8-6-4-3-5-7-21-29/h3-5,7,13-16,24-25,27-28H,2,6,8-12,17-20,22H2,1H3/t24-,25-,27-,28-. The predicted octanol–water partition coefficient (Wildman–Crippen LogP) is 7.51. The van der Waals surface area contributed by atoms with Gasteiger partial charge in [-0.05, 0) is 86.7 Å². The molecule has 0 radical (unpaired) electrons. The molecule has 2 nitrogen and oxygen atoms in total. The molecule has 0 spiro atoms. The fourth-order valence-electron chi connectivity index (χ4n) is 5.15. The van der Waals surface area contributed by atoms with E-state index in [2.05, 4.69) is 37.3 Å². The van der Waals surface area contributed by atoms with Gasteiger partial charge in [-0.2, -0.15) is 5.26 Å². The first-order valence-electron chi connectivity index (χ1n) is 12.2. The van der Waals surface area contributed by atoms with Crippen LogP contribution in [0.2, 0.25) is 0 Å². The van der Waals surface area contributed by atoms with Crippen LogP contribution in [0.25, 0.3) is 0 Å². The van der Waals surface area contributed by atoms with Gasteiger partial charge in [0.1, 0.15) is 0 Å². The van der Waals surface area contributed by atoms with Gasteiger partial charge in [0.05, 0.1) is 12.2 Å². The Hall–Kier alpha value is -1.85. The largest absolute Gasteiger partial charge is 0.378 e. The fraction of sp³-hybridized carbons (Fsp3) is 0.607. The van der Waals surface area contributed by atoms with Gasteiger partial charge in [-0.1, -0.05) is 62.3 Å². The highest BCUT2D eigenvalue weighted by Gasteiger charge is 2.25. The average molecular weight is 406 g/mol. The Labute approximate surface area is 184 Å². The molecule has 30 heavy (non-hydrogen) atoms. The highest BCUT2D eigenvalue weighted by Crippen LogP contribution is 2.36. The van der Waals surface area contributed by atoms with Crippen LogP contribution in [0.4, 0.5) is 0 Å². The van der Waals surface area contributed by atoms with Crippen LogP contribution in [0.15, 0.2) is 48.6 Å². The van der Waals surface area contributed by atoms with E-state index in [4.69, 9.17) is 10.00 Å². The van der Waals surface area contributed by atoms with Crippen molar-refractivity contribution in [1.82, 2.24) is 0 Å². The van der Waals surface area contributed by atoms with Crippen molar-refractivity contribution >= 4 is 0 Å². The van der Waals surface area contributed by atoms with Crippen LogP contribution in [0, 0.1) is 23.2 Å². The number of ether oxygens (including phenoxy) is 1. The maximum absolute atomic E-state index is 8.47. The van der Waals surface area contributed by atoms with Gasteiger partial charge in [-0.25, -0.2) is 0 Å². The molecule has 1 aromatic carbocycles. The third-order valence-electron chi connectivity index (χ3n) is 7.23. The van der Waals surface area contributed by atoms with Crippen molar-refractivity contribution in [2.75, 3.05) is 6.61 Å². The van der Waals surface area contributed by atoms with Gasteiger partial charge in [-0.15, -0.1) is 0 Å². The summed E-state index contributed by atoms with van der Waals surface area (Å²) < 4.78 is 6.37. The molecular weight excluding hydrogens is 366 g/mol. The topological polar surface area (TPSA) is 33.0 Å². The zero-order valence-corrected chi connectivity index (χ0v) is 18.8. The Morgan fingerprint density at radius 3 is 2.30 bits per heavy atom. The zero-order valence-electron chi connectivity index (χ0n) is 18.8. The fourth-order valence-corrected chi connectivity index (χ4v) is 5.15. The molecule has 0 amide bonds. The summed E-state index contributed by atoms with van der Waals surface area (Å²) in [4.78, 5) is 0. The molecule has 0 saturated heterocycles. The number of nitriles is 1. The second kappa shape index (κ2) is 12.8. The molecule has 162 valence electrons. The van der Waals surface area contributed by atoms with E-state index in [1.54, 1.807) is 0 Å². The van der Waals surface area contributed by atoms with E-state index in [1.807, 2.05) is 18.2 Å². The van der Waals surface area contributed by atoms with Crippen LogP contribution in [-0.2, 0) is 11.2 Å². The van der Waals surface area contributed by atoms with Crippen molar-refractivity contribution in [2.45, 2.75) is 89.6 Å². The Kier molecular flexibility index (Phi) is 9.71. The van der Waals surface area contributed by atoms with Crippen molar-refractivity contribution in [2.24, 2.45) is 11.8 Å². The van der Waals surface area contributed by atoms with E-state index < -0.39 is 0 Å². The molecule has 0 atom stereocenters. The third-order valence-corrected chi connectivity index (χ3v) is 7.23. The summed E-state index contributed by atoms with van der Waals surface area (Å²) in [6.07, 6.45) is 22.0. The number of hydrogen-bond donors (Lipinski definition) is 0. The van der Waals surface area contributed by atoms with Gasteiger partial charge in [0.2, 0.25) is 0 Å². The van der Waals surface area contributed by atoms with E-state index in [9.17, 15) is 0 Å². The van der Waals surface area contributed by atoms with Crippen LogP contribution in [-0.4, -0.2) is 12.7 Å². The summed E-state index contributed by atoms with van der Waals surface area (Å²) in [6, 6.07) is 11.3. The molecule has 1 aromatic rings. The normalized spacial score (nSPS) is 27.5. The Morgan fingerprint density at radius 2 is 1.63 bits per heavy atom. The number of benzene rings is 1. The predicted molar refractivity (Wildman–Crippen MR) is 125 cm³/mol. The average Bonchev–Trinajstić information content (AvgIpc) is 2.81. The highest BCUT2D eigenvalue weighted by atomic mass is 16.5. The lowest BCUT2D eigenvalue weighted by molar-refractivity contribution is -0.00474. The summed E-state index contributed by atoms with van der Waals surface area (Å²) in [5, 5.41) is 8.47. The van der Waals surface area contributed by atoms with E-state index in [1.165, 1.54) is 75.0 Å². The molecule has 2 aliphatic rings. The van der Waals surface area contributed by atoms with Gasteiger partial charge in [0.15, 0.2) is 0 Å². The van der Waals surface area contributed by atoms with Crippen LogP contribution in [0.5, 0.6) is 0 Å². The quantitative estimate of drug-likeness (QED) is 0.314. The van der Waals surface area contributed by atoms with Crippen molar-refractivity contribution in [3.05, 3.63) is 59.7 Å². The first kappa shape index (κ1) is 22.8. The van der Waals surface area contributed by atoms with Crippen LogP contribution in [0.1, 0.15) is 88.2 Å². The van der Waals surface area contributed by atoms with E-state index in [0.717, 1.165) is 37.2 Å². The van der Waals surface area contributed by atoms with Crippen LogP contribution >= 0.6 is 0 Å². The summed E-state index contributed by atoms with van der Waals surface area (Å²) in [7, 11) is 0. The molecule has 2 fully saturated rings. The summed E-state index contributed by atoms with van der Waals surface area (Å²) in [5.74, 6) is 2.38. The number of nitrogens with zero attached hydrogens (tertiary/aromatic N) is 1. The monoisotopic (exact) mass is 405 g/mol. The molecule has 0 bridgehead atoms. The molecule has 0 aromatic heterocycles. The van der Waals surface area contributed by atoms with Gasteiger partial charge in [0.25, 0.3) is 0 Å². The summed E-state index contributed by atoms with van der Waals surface area (Å²) >= 11 is 0. The van der Waals surface area contributed by atoms with Gasteiger partial charge in [0, 0.05) is 12.7 Å². The zero-order chi connectivity index (χ0) is 21.0. The summed E-state index contributed by atoms with van der Waals surface area (Å²) in [6.45, 7) is 3.20. The lowest BCUT2D eigenvalue weighted by Gasteiger charge is -2.32. The van der Waals surface area contributed by atoms with E-state index in [0.29, 0.717) is 6.10 Å². The van der Waals surface area contributed by atoms with Crippen LogP contribution in [0.3, 0.4) is 0 Å². The van der Waals surface area contributed by atoms with Gasteiger partial charge >= 0.3 is 0 Å².